The Labute approximate surface area is 166 Å². The van der Waals surface area contributed by atoms with Crippen LogP contribution in [0.15, 0.2) is 66.3 Å². The molecule has 0 bridgehead atoms. The second-order valence-corrected chi connectivity index (χ2v) is 7.10. The number of allylic oxidation sites excluding steroid dienone is 4. The number of hydrogen-bond acceptors (Lipinski definition) is 6. The molecule has 6 nitrogen and oxygen atoms in total. The maximum Gasteiger partial charge on any atom is 0.231 e. The second-order valence-electron chi connectivity index (χ2n) is 7.10. The fourth-order valence-electron chi connectivity index (χ4n) is 3.49. The summed E-state index contributed by atoms with van der Waals surface area (Å²) in [6.45, 7) is 7.32. The quantitative estimate of drug-likeness (QED) is 0.753. The first kappa shape index (κ1) is 18.6. The van der Waals surface area contributed by atoms with E-state index in [9.17, 15) is 0 Å². The molecule has 3 heterocycles. The average molecular weight is 381 g/mol. The van der Waals surface area contributed by atoms with E-state index in [1.807, 2.05) is 19.1 Å². The molecule has 0 unspecified atom stereocenters. The predicted octanol–water partition coefficient (Wildman–Crippen LogP) is 3.35. The SMILES string of the molecule is Cc1ncccc1OCCN1CCN(C2=COC(C3=CC=CCC3)=CO2)CC1. The molecule has 0 spiro atoms. The molecular formula is C22H27N3O3. The topological polar surface area (TPSA) is 47.1 Å². The highest BCUT2D eigenvalue weighted by Crippen LogP contribution is 2.26. The van der Waals surface area contributed by atoms with E-state index >= 15 is 0 Å². The molecule has 148 valence electrons. The predicted molar refractivity (Wildman–Crippen MR) is 107 cm³/mol. The Kier molecular flexibility index (Phi) is 5.97. The summed E-state index contributed by atoms with van der Waals surface area (Å²) in [5.41, 5.74) is 2.12. The first-order valence-electron chi connectivity index (χ1n) is 9.91. The number of aromatic nitrogens is 1. The Morgan fingerprint density at radius 2 is 2.04 bits per heavy atom. The maximum absolute atomic E-state index is 5.86. The summed E-state index contributed by atoms with van der Waals surface area (Å²) in [4.78, 5) is 8.89. The molecule has 0 saturated carbocycles. The Bertz CT molecular complexity index is 805. The maximum atomic E-state index is 5.86. The number of aryl methyl sites for hydroxylation is 1. The molecule has 0 amide bonds. The first-order valence-corrected chi connectivity index (χ1v) is 9.91. The van der Waals surface area contributed by atoms with Crippen molar-refractivity contribution in [3.05, 3.63) is 72.0 Å². The van der Waals surface area contributed by atoms with Gasteiger partial charge in [0.05, 0.1) is 5.69 Å². The average Bonchev–Trinajstić information content (AvgIpc) is 2.76. The molecule has 2 aliphatic heterocycles. The van der Waals surface area contributed by atoms with Crippen molar-refractivity contribution in [2.24, 2.45) is 0 Å². The number of ether oxygens (including phenoxy) is 3. The zero-order chi connectivity index (χ0) is 19.2. The van der Waals surface area contributed by atoms with Gasteiger partial charge in [-0.05, 0) is 37.5 Å². The normalized spacial score (nSPS) is 19.9. The highest BCUT2D eigenvalue weighted by atomic mass is 16.6. The Morgan fingerprint density at radius 3 is 2.75 bits per heavy atom. The summed E-state index contributed by atoms with van der Waals surface area (Å²) in [5, 5.41) is 0. The van der Waals surface area contributed by atoms with Crippen molar-refractivity contribution in [3.63, 3.8) is 0 Å². The van der Waals surface area contributed by atoms with Gasteiger partial charge in [0.15, 0.2) is 12.0 Å². The van der Waals surface area contributed by atoms with Crippen molar-refractivity contribution in [3.8, 4) is 5.75 Å². The van der Waals surface area contributed by atoms with Crippen LogP contribution in [0.25, 0.3) is 0 Å². The zero-order valence-corrected chi connectivity index (χ0v) is 16.3. The van der Waals surface area contributed by atoms with Gasteiger partial charge in [0, 0.05) is 38.9 Å². The van der Waals surface area contributed by atoms with Gasteiger partial charge in [0.1, 0.15) is 18.6 Å². The van der Waals surface area contributed by atoms with Crippen molar-refractivity contribution < 1.29 is 14.2 Å². The summed E-state index contributed by atoms with van der Waals surface area (Å²) in [6, 6.07) is 3.87. The van der Waals surface area contributed by atoms with Crippen LogP contribution in [-0.4, -0.2) is 54.1 Å². The molecular weight excluding hydrogens is 354 g/mol. The molecule has 1 saturated heterocycles. The third-order valence-corrected chi connectivity index (χ3v) is 5.21. The van der Waals surface area contributed by atoms with Crippen molar-refractivity contribution in [1.29, 1.82) is 0 Å². The van der Waals surface area contributed by atoms with Gasteiger partial charge in [-0.2, -0.15) is 0 Å². The van der Waals surface area contributed by atoms with Gasteiger partial charge in [-0.15, -0.1) is 0 Å². The summed E-state index contributed by atoms with van der Waals surface area (Å²) in [7, 11) is 0. The molecule has 0 atom stereocenters. The lowest BCUT2D eigenvalue weighted by Gasteiger charge is -2.36. The summed E-state index contributed by atoms with van der Waals surface area (Å²) >= 11 is 0. The van der Waals surface area contributed by atoms with Gasteiger partial charge in [0.2, 0.25) is 5.88 Å². The van der Waals surface area contributed by atoms with E-state index in [-0.39, 0.29) is 0 Å². The van der Waals surface area contributed by atoms with E-state index < -0.39 is 0 Å². The van der Waals surface area contributed by atoms with Crippen LogP contribution in [0.4, 0.5) is 0 Å². The summed E-state index contributed by atoms with van der Waals surface area (Å²) in [6.07, 6.45) is 13.6. The summed E-state index contributed by atoms with van der Waals surface area (Å²) in [5.74, 6) is 2.47. The third-order valence-electron chi connectivity index (χ3n) is 5.21. The molecule has 6 heteroatoms. The third kappa shape index (κ3) is 4.57. The lowest BCUT2D eigenvalue weighted by Crippen LogP contribution is -2.47. The Hall–Kier alpha value is -2.73. The van der Waals surface area contributed by atoms with E-state index in [0.717, 1.165) is 68.7 Å². The number of piperazine rings is 1. The zero-order valence-electron chi connectivity index (χ0n) is 16.3. The minimum absolute atomic E-state index is 0.671. The van der Waals surface area contributed by atoms with Gasteiger partial charge in [-0.1, -0.05) is 18.2 Å². The molecule has 3 aliphatic rings. The smallest absolute Gasteiger partial charge is 0.231 e. The molecule has 28 heavy (non-hydrogen) atoms. The van der Waals surface area contributed by atoms with E-state index in [4.69, 9.17) is 14.2 Å². The standard InChI is InChI=1S/C22H27N3O3/c1-18-20(8-5-9-23-18)26-15-14-24-10-12-25(13-11-24)22-17-27-21(16-28-22)19-6-3-2-4-7-19/h2-3,5-6,8-9,16-17H,4,7,10-15H2,1H3. The molecule has 0 radical (unpaired) electrons. The Balaban J connectivity index is 1.19. The van der Waals surface area contributed by atoms with Gasteiger partial charge >= 0.3 is 0 Å². The van der Waals surface area contributed by atoms with Crippen LogP contribution in [-0.2, 0) is 9.47 Å². The van der Waals surface area contributed by atoms with Crippen molar-refractivity contribution in [1.82, 2.24) is 14.8 Å². The summed E-state index contributed by atoms with van der Waals surface area (Å²) < 4.78 is 17.5. The van der Waals surface area contributed by atoms with Crippen LogP contribution in [0, 0.1) is 6.92 Å². The molecule has 0 N–H and O–H groups in total. The number of rotatable bonds is 6. The fourth-order valence-corrected chi connectivity index (χ4v) is 3.49. The molecule has 1 aromatic rings. The minimum Gasteiger partial charge on any atom is -0.490 e. The molecule has 1 fully saturated rings. The minimum atomic E-state index is 0.671. The van der Waals surface area contributed by atoms with E-state index in [0.29, 0.717) is 6.61 Å². The molecule has 0 aromatic carbocycles. The van der Waals surface area contributed by atoms with Gasteiger partial charge < -0.3 is 19.1 Å². The van der Waals surface area contributed by atoms with Crippen molar-refractivity contribution in [2.45, 2.75) is 19.8 Å². The largest absolute Gasteiger partial charge is 0.490 e. The number of hydrogen-bond donors (Lipinski definition) is 0. The number of nitrogens with zero attached hydrogens (tertiary/aromatic N) is 3. The van der Waals surface area contributed by atoms with E-state index in [1.165, 1.54) is 5.57 Å². The van der Waals surface area contributed by atoms with E-state index in [2.05, 4.69) is 33.0 Å². The highest BCUT2D eigenvalue weighted by molar-refractivity contribution is 5.33. The molecule has 4 rings (SSSR count). The fraction of sp³-hybridized carbons (Fsp3) is 0.409. The second kappa shape index (κ2) is 8.97. The van der Waals surface area contributed by atoms with Crippen molar-refractivity contribution >= 4 is 0 Å². The molecule has 1 aromatic heterocycles. The van der Waals surface area contributed by atoms with Crippen LogP contribution in [0.5, 0.6) is 5.75 Å². The lowest BCUT2D eigenvalue weighted by atomic mass is 10.0. The van der Waals surface area contributed by atoms with Crippen molar-refractivity contribution in [2.75, 3.05) is 39.3 Å². The first-order chi connectivity index (χ1) is 13.8. The van der Waals surface area contributed by atoms with Gasteiger partial charge in [0.25, 0.3) is 0 Å². The Morgan fingerprint density at radius 1 is 1.14 bits per heavy atom. The van der Waals surface area contributed by atoms with Crippen LogP contribution in [0.1, 0.15) is 18.5 Å². The number of pyridine rings is 1. The van der Waals surface area contributed by atoms with Crippen LogP contribution in [0.3, 0.4) is 0 Å². The highest BCUT2D eigenvalue weighted by Gasteiger charge is 2.22. The van der Waals surface area contributed by atoms with Crippen LogP contribution >= 0.6 is 0 Å². The van der Waals surface area contributed by atoms with Gasteiger partial charge in [-0.25, -0.2) is 0 Å². The monoisotopic (exact) mass is 381 g/mol. The molecule has 1 aliphatic carbocycles. The van der Waals surface area contributed by atoms with Crippen LogP contribution < -0.4 is 4.74 Å². The van der Waals surface area contributed by atoms with Gasteiger partial charge in [-0.3, -0.25) is 9.88 Å². The van der Waals surface area contributed by atoms with E-state index in [1.54, 1.807) is 18.7 Å². The van der Waals surface area contributed by atoms with Crippen LogP contribution in [0.2, 0.25) is 0 Å². The lowest BCUT2D eigenvalue weighted by molar-refractivity contribution is 0.0784.